The maximum atomic E-state index is 13.0. The number of phenols is 1. The number of ether oxygens (including phenoxy) is 1. The highest BCUT2D eigenvalue weighted by Crippen LogP contribution is 2.33. The van der Waals surface area contributed by atoms with E-state index in [2.05, 4.69) is 10.1 Å². The molecular formula is C15H11F4NO3. The quantitative estimate of drug-likeness (QED) is 0.819. The molecule has 0 aliphatic rings. The Morgan fingerprint density at radius 1 is 1.09 bits per heavy atom. The molecule has 2 rings (SSSR count). The standard InChI is InChI=1S/C15H11F4NO3/c16-14(17)15(18,19)23-12-8-4-2-6-10(12)20-13(22)9-5-1-3-7-11(9)21/h1-8,14,21H,(H,20,22). The van der Waals surface area contributed by atoms with Crippen LogP contribution in [-0.2, 0) is 0 Å². The summed E-state index contributed by atoms with van der Waals surface area (Å²) in [5.74, 6) is -1.75. The van der Waals surface area contributed by atoms with Crippen LogP contribution in [0.4, 0.5) is 23.2 Å². The second-order valence-corrected chi connectivity index (χ2v) is 4.43. The summed E-state index contributed by atoms with van der Waals surface area (Å²) in [7, 11) is 0. The number of para-hydroxylation sites is 3. The van der Waals surface area contributed by atoms with Crippen LogP contribution < -0.4 is 10.1 Å². The number of carbonyl (C=O) groups excluding carboxylic acids is 1. The van der Waals surface area contributed by atoms with Gasteiger partial charge >= 0.3 is 12.5 Å². The minimum absolute atomic E-state index is 0.108. The molecule has 0 heterocycles. The summed E-state index contributed by atoms with van der Waals surface area (Å²) in [6.45, 7) is 0. The Kier molecular flexibility index (Phi) is 4.73. The SMILES string of the molecule is O=C(Nc1ccccc1OC(F)(F)C(F)F)c1ccccc1O. The smallest absolute Gasteiger partial charge is 0.461 e. The van der Waals surface area contributed by atoms with Gasteiger partial charge in [-0.05, 0) is 24.3 Å². The fourth-order valence-corrected chi connectivity index (χ4v) is 1.71. The van der Waals surface area contributed by atoms with Crippen molar-refractivity contribution in [2.45, 2.75) is 12.5 Å². The molecule has 0 spiro atoms. The molecule has 0 saturated heterocycles. The van der Waals surface area contributed by atoms with E-state index in [1.807, 2.05) is 0 Å². The highest BCUT2D eigenvalue weighted by molar-refractivity contribution is 6.06. The molecule has 1 amide bonds. The number of phenolic OH excluding ortho intramolecular Hbond substituents is 1. The molecule has 0 radical (unpaired) electrons. The summed E-state index contributed by atoms with van der Waals surface area (Å²) in [6.07, 6.45) is -8.72. The van der Waals surface area contributed by atoms with Crippen LogP contribution in [0.25, 0.3) is 0 Å². The molecule has 0 saturated carbocycles. The van der Waals surface area contributed by atoms with Gasteiger partial charge in [0.1, 0.15) is 11.5 Å². The van der Waals surface area contributed by atoms with Gasteiger partial charge in [-0.15, -0.1) is 0 Å². The van der Waals surface area contributed by atoms with Crippen molar-refractivity contribution in [1.82, 2.24) is 0 Å². The number of aromatic hydroxyl groups is 1. The summed E-state index contributed by atoms with van der Waals surface area (Å²) < 4.78 is 54.5. The molecule has 2 aromatic carbocycles. The topological polar surface area (TPSA) is 58.6 Å². The van der Waals surface area contributed by atoms with Crippen LogP contribution in [0, 0.1) is 0 Å². The van der Waals surface area contributed by atoms with E-state index >= 15 is 0 Å². The average molecular weight is 329 g/mol. The van der Waals surface area contributed by atoms with Crippen molar-refractivity contribution >= 4 is 11.6 Å². The van der Waals surface area contributed by atoms with Crippen molar-refractivity contribution in [1.29, 1.82) is 0 Å². The van der Waals surface area contributed by atoms with Crippen LogP contribution in [0.1, 0.15) is 10.4 Å². The fourth-order valence-electron chi connectivity index (χ4n) is 1.71. The number of rotatable bonds is 5. The van der Waals surface area contributed by atoms with Gasteiger partial charge in [-0.3, -0.25) is 4.79 Å². The molecule has 0 aliphatic heterocycles. The number of alkyl halides is 4. The lowest BCUT2D eigenvalue weighted by atomic mass is 10.2. The van der Waals surface area contributed by atoms with Gasteiger partial charge in [-0.25, -0.2) is 0 Å². The largest absolute Gasteiger partial charge is 0.507 e. The molecule has 0 fully saturated rings. The van der Waals surface area contributed by atoms with Crippen LogP contribution in [0.15, 0.2) is 48.5 Å². The van der Waals surface area contributed by atoms with E-state index in [0.29, 0.717) is 0 Å². The van der Waals surface area contributed by atoms with Crippen molar-refractivity contribution in [2.24, 2.45) is 0 Å². The van der Waals surface area contributed by atoms with E-state index in [1.165, 1.54) is 42.5 Å². The van der Waals surface area contributed by atoms with Gasteiger partial charge in [0.05, 0.1) is 11.3 Å². The molecule has 0 aromatic heterocycles. The number of hydrogen-bond acceptors (Lipinski definition) is 3. The van der Waals surface area contributed by atoms with E-state index in [-0.39, 0.29) is 17.0 Å². The Morgan fingerprint density at radius 3 is 2.35 bits per heavy atom. The predicted octanol–water partition coefficient (Wildman–Crippen LogP) is 3.88. The number of benzene rings is 2. The van der Waals surface area contributed by atoms with Gasteiger partial charge < -0.3 is 15.2 Å². The molecule has 2 N–H and O–H groups in total. The lowest BCUT2D eigenvalue weighted by molar-refractivity contribution is -0.252. The lowest BCUT2D eigenvalue weighted by Gasteiger charge is -2.19. The Bertz CT molecular complexity index is 707. The molecule has 8 heteroatoms. The van der Waals surface area contributed by atoms with Crippen LogP contribution in [0.3, 0.4) is 0 Å². The highest BCUT2D eigenvalue weighted by atomic mass is 19.3. The van der Waals surface area contributed by atoms with Crippen molar-refractivity contribution in [3.63, 3.8) is 0 Å². The van der Waals surface area contributed by atoms with Crippen LogP contribution in [0.5, 0.6) is 11.5 Å². The molecule has 0 aliphatic carbocycles. The molecule has 0 atom stereocenters. The Balaban J connectivity index is 2.24. The summed E-state index contributed by atoms with van der Waals surface area (Å²) in [6, 6.07) is 10.4. The zero-order valence-corrected chi connectivity index (χ0v) is 11.5. The fraction of sp³-hybridized carbons (Fsp3) is 0.133. The maximum absolute atomic E-state index is 13.0. The first kappa shape index (κ1) is 16.6. The summed E-state index contributed by atoms with van der Waals surface area (Å²) in [5.41, 5.74) is -0.344. The van der Waals surface area contributed by atoms with Gasteiger partial charge in [0.15, 0.2) is 0 Å². The predicted molar refractivity (Wildman–Crippen MR) is 74.1 cm³/mol. The van der Waals surface area contributed by atoms with Crippen molar-refractivity contribution < 1.29 is 32.2 Å². The van der Waals surface area contributed by atoms with E-state index in [1.54, 1.807) is 0 Å². The lowest BCUT2D eigenvalue weighted by Crippen LogP contribution is -2.33. The van der Waals surface area contributed by atoms with Crippen molar-refractivity contribution in [3.8, 4) is 11.5 Å². The molecule has 2 aromatic rings. The third kappa shape index (κ3) is 3.91. The third-order valence-corrected chi connectivity index (χ3v) is 2.78. The Labute approximate surface area is 128 Å². The summed E-state index contributed by atoms with van der Waals surface area (Å²) >= 11 is 0. The second kappa shape index (κ2) is 6.55. The number of anilines is 1. The molecule has 0 unspecified atom stereocenters. The first-order valence-electron chi connectivity index (χ1n) is 6.34. The van der Waals surface area contributed by atoms with Gasteiger partial charge in [0, 0.05) is 0 Å². The van der Waals surface area contributed by atoms with E-state index in [0.717, 1.165) is 6.07 Å². The zero-order chi connectivity index (χ0) is 17.0. The van der Waals surface area contributed by atoms with E-state index < -0.39 is 24.2 Å². The third-order valence-electron chi connectivity index (χ3n) is 2.78. The minimum atomic E-state index is -4.70. The average Bonchev–Trinajstić information content (AvgIpc) is 2.49. The van der Waals surface area contributed by atoms with Crippen LogP contribution >= 0.6 is 0 Å². The number of nitrogens with one attached hydrogen (secondary N) is 1. The maximum Gasteiger partial charge on any atom is 0.461 e. The van der Waals surface area contributed by atoms with Crippen LogP contribution in [-0.4, -0.2) is 23.5 Å². The molecule has 122 valence electrons. The summed E-state index contributed by atoms with van der Waals surface area (Å²) in [4.78, 5) is 12.0. The number of hydrogen-bond donors (Lipinski definition) is 2. The molecule has 23 heavy (non-hydrogen) atoms. The van der Waals surface area contributed by atoms with Crippen molar-refractivity contribution in [2.75, 3.05) is 5.32 Å². The van der Waals surface area contributed by atoms with Gasteiger partial charge in [-0.1, -0.05) is 24.3 Å². The molecule has 4 nitrogen and oxygen atoms in total. The van der Waals surface area contributed by atoms with E-state index in [9.17, 15) is 27.5 Å². The monoisotopic (exact) mass is 329 g/mol. The first-order valence-corrected chi connectivity index (χ1v) is 6.34. The molecule has 0 bridgehead atoms. The molecular weight excluding hydrogens is 318 g/mol. The van der Waals surface area contributed by atoms with Crippen molar-refractivity contribution in [3.05, 3.63) is 54.1 Å². The Hall–Kier alpha value is -2.77. The normalized spacial score (nSPS) is 11.3. The van der Waals surface area contributed by atoms with Gasteiger partial charge in [0.2, 0.25) is 0 Å². The number of carbonyl (C=O) groups is 1. The second-order valence-electron chi connectivity index (χ2n) is 4.43. The Morgan fingerprint density at radius 2 is 1.70 bits per heavy atom. The first-order chi connectivity index (χ1) is 10.8. The van der Waals surface area contributed by atoms with Gasteiger partial charge in [-0.2, -0.15) is 17.6 Å². The van der Waals surface area contributed by atoms with Gasteiger partial charge in [0.25, 0.3) is 5.91 Å². The highest BCUT2D eigenvalue weighted by Gasteiger charge is 2.44. The van der Waals surface area contributed by atoms with Crippen LogP contribution in [0.2, 0.25) is 0 Å². The van der Waals surface area contributed by atoms with E-state index in [4.69, 9.17) is 0 Å². The summed E-state index contributed by atoms with van der Waals surface area (Å²) in [5, 5.41) is 11.8. The zero-order valence-electron chi connectivity index (χ0n) is 11.5. The minimum Gasteiger partial charge on any atom is -0.507 e. The number of amides is 1. The number of halogens is 4.